The zero-order valence-corrected chi connectivity index (χ0v) is 12.9. The number of anilines is 1. The van der Waals surface area contributed by atoms with E-state index in [9.17, 15) is 4.39 Å². The van der Waals surface area contributed by atoms with Gasteiger partial charge in [-0.05, 0) is 48.1 Å². The van der Waals surface area contributed by atoms with Crippen LogP contribution in [-0.2, 0) is 6.54 Å². The van der Waals surface area contributed by atoms with E-state index in [-0.39, 0.29) is 10.8 Å². The van der Waals surface area contributed by atoms with Gasteiger partial charge >= 0.3 is 0 Å². The monoisotopic (exact) mass is 324 g/mol. The average molecular weight is 325 g/mol. The quantitative estimate of drug-likeness (QED) is 0.834. The third-order valence-corrected chi connectivity index (χ3v) is 3.35. The highest BCUT2D eigenvalue weighted by atomic mass is 35.5. The molecule has 0 saturated carbocycles. The smallest absolute Gasteiger partial charge is 0.171 e. The lowest BCUT2D eigenvalue weighted by Gasteiger charge is -2.12. The summed E-state index contributed by atoms with van der Waals surface area (Å²) < 4.78 is 18.0. The molecule has 110 valence electrons. The number of hydrogen-bond acceptors (Lipinski definition) is 2. The number of rotatable bonds is 4. The van der Waals surface area contributed by atoms with Crippen LogP contribution in [0.15, 0.2) is 42.5 Å². The van der Waals surface area contributed by atoms with E-state index in [1.54, 1.807) is 13.2 Å². The molecule has 3 nitrogen and oxygen atoms in total. The first-order valence-corrected chi connectivity index (χ1v) is 7.00. The Bertz CT molecular complexity index is 634. The summed E-state index contributed by atoms with van der Waals surface area (Å²) in [5, 5.41) is 6.68. The highest BCUT2D eigenvalue weighted by Crippen LogP contribution is 2.22. The summed E-state index contributed by atoms with van der Waals surface area (Å²) >= 11 is 11.1. The predicted octanol–water partition coefficient (Wildman–Crippen LogP) is 3.97. The van der Waals surface area contributed by atoms with E-state index in [1.165, 1.54) is 12.1 Å². The maximum Gasteiger partial charge on any atom is 0.171 e. The van der Waals surface area contributed by atoms with E-state index in [1.807, 2.05) is 24.3 Å². The molecule has 21 heavy (non-hydrogen) atoms. The first kappa shape index (κ1) is 15.5. The topological polar surface area (TPSA) is 33.3 Å². The molecule has 6 heteroatoms. The summed E-state index contributed by atoms with van der Waals surface area (Å²) in [6, 6.07) is 11.7. The molecular weight excluding hydrogens is 311 g/mol. The van der Waals surface area contributed by atoms with E-state index in [2.05, 4.69) is 10.6 Å². The molecule has 0 spiro atoms. The number of halogens is 2. The van der Waals surface area contributed by atoms with Crippen molar-refractivity contribution in [3.05, 3.63) is 58.9 Å². The van der Waals surface area contributed by atoms with Crippen LogP contribution in [-0.4, -0.2) is 12.2 Å². The van der Waals surface area contributed by atoms with E-state index >= 15 is 0 Å². The van der Waals surface area contributed by atoms with E-state index in [0.29, 0.717) is 17.3 Å². The van der Waals surface area contributed by atoms with Crippen LogP contribution in [0.5, 0.6) is 5.75 Å². The molecule has 2 aromatic rings. The maximum absolute atomic E-state index is 12.9. The fraction of sp³-hybridized carbons (Fsp3) is 0.133. The molecule has 0 heterocycles. The minimum absolute atomic E-state index is 0.281. The first-order chi connectivity index (χ1) is 10.1. The largest absolute Gasteiger partial charge is 0.497 e. The van der Waals surface area contributed by atoms with Gasteiger partial charge in [-0.1, -0.05) is 23.7 Å². The predicted molar refractivity (Wildman–Crippen MR) is 87.5 cm³/mol. The van der Waals surface area contributed by atoms with Gasteiger partial charge < -0.3 is 15.4 Å². The lowest BCUT2D eigenvalue weighted by atomic mass is 10.2. The summed E-state index contributed by atoms with van der Waals surface area (Å²) in [5.41, 5.74) is 1.62. The second-order valence-corrected chi connectivity index (χ2v) is 5.10. The molecule has 0 atom stereocenters. The molecule has 2 rings (SSSR count). The molecule has 0 bridgehead atoms. The lowest BCUT2D eigenvalue weighted by Crippen LogP contribution is -2.28. The number of benzene rings is 2. The first-order valence-electron chi connectivity index (χ1n) is 6.21. The summed E-state index contributed by atoms with van der Waals surface area (Å²) in [6.07, 6.45) is 0. The van der Waals surface area contributed by atoms with Crippen molar-refractivity contribution in [3.8, 4) is 5.75 Å². The van der Waals surface area contributed by atoms with Gasteiger partial charge in [0.15, 0.2) is 5.11 Å². The van der Waals surface area contributed by atoms with Crippen molar-refractivity contribution in [2.75, 3.05) is 12.4 Å². The normalized spacial score (nSPS) is 10.0. The highest BCUT2D eigenvalue weighted by molar-refractivity contribution is 7.80. The van der Waals surface area contributed by atoms with Crippen LogP contribution in [0.3, 0.4) is 0 Å². The van der Waals surface area contributed by atoms with Gasteiger partial charge in [-0.3, -0.25) is 0 Å². The standard InChI is InChI=1S/C15H14ClFN2OS/c1-20-12-5-2-10(3-6-12)9-18-15(21)19-14-7-4-11(17)8-13(14)16/h2-8H,9H2,1H3,(H2,18,19,21). The Morgan fingerprint density at radius 2 is 1.95 bits per heavy atom. The van der Waals surface area contributed by atoms with Gasteiger partial charge in [-0.2, -0.15) is 0 Å². The maximum atomic E-state index is 12.9. The third-order valence-electron chi connectivity index (χ3n) is 2.79. The summed E-state index contributed by atoms with van der Waals surface area (Å²) in [4.78, 5) is 0. The van der Waals surface area contributed by atoms with Crippen molar-refractivity contribution in [2.24, 2.45) is 0 Å². The molecular formula is C15H14ClFN2OS. The van der Waals surface area contributed by atoms with Crippen molar-refractivity contribution in [1.82, 2.24) is 5.32 Å². The molecule has 0 radical (unpaired) electrons. The van der Waals surface area contributed by atoms with Crippen LogP contribution in [0.4, 0.5) is 10.1 Å². The van der Waals surface area contributed by atoms with Crippen molar-refractivity contribution in [1.29, 1.82) is 0 Å². The van der Waals surface area contributed by atoms with Gasteiger partial charge in [0.2, 0.25) is 0 Å². The van der Waals surface area contributed by atoms with Crippen molar-refractivity contribution in [3.63, 3.8) is 0 Å². The second kappa shape index (κ2) is 7.24. The van der Waals surface area contributed by atoms with E-state index in [0.717, 1.165) is 11.3 Å². The fourth-order valence-electron chi connectivity index (χ4n) is 1.68. The SMILES string of the molecule is COc1ccc(CNC(=S)Nc2ccc(F)cc2Cl)cc1. The van der Waals surface area contributed by atoms with Crippen LogP contribution in [0, 0.1) is 5.82 Å². The Labute approximate surface area is 133 Å². The highest BCUT2D eigenvalue weighted by Gasteiger charge is 2.04. The third kappa shape index (κ3) is 4.58. The number of nitrogens with one attached hydrogen (secondary N) is 2. The van der Waals surface area contributed by atoms with Crippen LogP contribution < -0.4 is 15.4 Å². The molecule has 0 aliphatic heterocycles. The lowest BCUT2D eigenvalue weighted by molar-refractivity contribution is 0.414. The minimum atomic E-state index is -0.386. The number of ether oxygens (including phenoxy) is 1. The summed E-state index contributed by atoms with van der Waals surface area (Å²) in [6.45, 7) is 0.564. The molecule has 0 unspecified atom stereocenters. The average Bonchev–Trinajstić information content (AvgIpc) is 2.48. The van der Waals surface area contributed by atoms with E-state index in [4.69, 9.17) is 28.6 Å². The zero-order chi connectivity index (χ0) is 15.2. The molecule has 0 aliphatic carbocycles. The molecule has 2 N–H and O–H groups in total. The molecule has 0 amide bonds. The number of hydrogen-bond donors (Lipinski definition) is 2. The van der Waals surface area contributed by atoms with Gasteiger partial charge in [-0.25, -0.2) is 4.39 Å². The van der Waals surface area contributed by atoms with Gasteiger partial charge in [0.1, 0.15) is 11.6 Å². The van der Waals surface area contributed by atoms with Crippen molar-refractivity contribution < 1.29 is 9.13 Å². The number of thiocarbonyl (C=S) groups is 1. The van der Waals surface area contributed by atoms with Gasteiger partial charge in [0, 0.05) is 6.54 Å². The van der Waals surface area contributed by atoms with Crippen molar-refractivity contribution in [2.45, 2.75) is 6.54 Å². The summed E-state index contributed by atoms with van der Waals surface area (Å²) in [5.74, 6) is 0.417. The van der Waals surface area contributed by atoms with Crippen LogP contribution in [0.1, 0.15) is 5.56 Å². The zero-order valence-electron chi connectivity index (χ0n) is 11.3. The fourth-order valence-corrected chi connectivity index (χ4v) is 2.08. The minimum Gasteiger partial charge on any atom is -0.497 e. The van der Waals surface area contributed by atoms with E-state index < -0.39 is 0 Å². The van der Waals surface area contributed by atoms with Crippen molar-refractivity contribution >= 4 is 34.6 Å². The van der Waals surface area contributed by atoms with Gasteiger partial charge in [0.05, 0.1) is 17.8 Å². The Kier molecular flexibility index (Phi) is 5.36. The number of methoxy groups -OCH3 is 1. The van der Waals surface area contributed by atoms with Crippen LogP contribution >= 0.6 is 23.8 Å². The Hall–Kier alpha value is -1.85. The van der Waals surface area contributed by atoms with Gasteiger partial charge in [-0.15, -0.1) is 0 Å². The molecule has 2 aromatic carbocycles. The molecule has 0 aromatic heterocycles. The Morgan fingerprint density at radius 3 is 2.57 bits per heavy atom. The second-order valence-electron chi connectivity index (χ2n) is 4.28. The van der Waals surface area contributed by atoms with Crippen LogP contribution in [0.25, 0.3) is 0 Å². The Balaban J connectivity index is 1.89. The molecule has 0 aliphatic rings. The molecule has 0 saturated heterocycles. The Morgan fingerprint density at radius 1 is 1.24 bits per heavy atom. The van der Waals surface area contributed by atoms with Crippen LogP contribution in [0.2, 0.25) is 5.02 Å². The summed E-state index contributed by atoms with van der Waals surface area (Å²) in [7, 11) is 1.62. The molecule has 0 fully saturated rings. The van der Waals surface area contributed by atoms with Gasteiger partial charge in [0.25, 0.3) is 0 Å².